The van der Waals surface area contributed by atoms with Crippen LogP contribution < -0.4 is 0 Å². The molecule has 2 rings (SSSR count). The first-order valence-electron chi connectivity index (χ1n) is 5.61. The molecule has 5 nitrogen and oxygen atoms in total. The number of hydrogen-bond acceptors (Lipinski definition) is 5. The molecule has 0 aromatic carbocycles. The maximum Gasteiger partial charge on any atom is 0.354 e. The number of β-lactam (4-membered cyclic amide) rings is 1. The van der Waals surface area contributed by atoms with Gasteiger partial charge in [-0.1, -0.05) is 18.7 Å². The zero-order valence-electron chi connectivity index (χ0n) is 10.3. The summed E-state index contributed by atoms with van der Waals surface area (Å²) in [7, 11) is 0. The first-order chi connectivity index (χ1) is 8.29. The minimum Gasteiger partial charge on any atom is -0.477 e. The molecule has 1 fully saturated rings. The van der Waals surface area contributed by atoms with Gasteiger partial charge < -0.3 is 10.2 Å². The second-order valence-electron chi connectivity index (χ2n) is 4.72. The van der Waals surface area contributed by atoms with E-state index in [2.05, 4.69) is 0 Å². The van der Waals surface area contributed by atoms with Crippen LogP contribution >= 0.6 is 23.5 Å². The third-order valence-electron chi connectivity index (χ3n) is 2.94. The minimum absolute atomic E-state index is 0.0716. The maximum absolute atomic E-state index is 12.0. The normalized spacial score (nSPS) is 27.3. The molecule has 7 heteroatoms. The summed E-state index contributed by atoms with van der Waals surface area (Å²) >= 11 is 2.79. The number of aliphatic hydroxyl groups is 1. The molecule has 2 aliphatic heterocycles. The topological polar surface area (TPSA) is 77.8 Å². The first kappa shape index (κ1) is 13.8. The van der Waals surface area contributed by atoms with E-state index >= 15 is 0 Å². The quantitative estimate of drug-likeness (QED) is 0.760. The van der Waals surface area contributed by atoms with Crippen LogP contribution in [0.4, 0.5) is 0 Å². The van der Waals surface area contributed by atoms with Gasteiger partial charge in [0.05, 0.1) is 15.8 Å². The highest BCUT2D eigenvalue weighted by atomic mass is 32.2. The smallest absolute Gasteiger partial charge is 0.354 e. The molecule has 0 aliphatic carbocycles. The van der Waals surface area contributed by atoms with Gasteiger partial charge in [-0.05, 0) is 19.6 Å². The van der Waals surface area contributed by atoms with Crippen molar-refractivity contribution in [2.24, 2.45) is 5.92 Å². The van der Waals surface area contributed by atoms with E-state index in [1.807, 2.05) is 6.92 Å². The van der Waals surface area contributed by atoms with E-state index in [1.54, 1.807) is 13.8 Å². The average molecular weight is 289 g/mol. The monoisotopic (exact) mass is 289 g/mol. The fourth-order valence-electron chi connectivity index (χ4n) is 2.16. The standard InChI is InChI=1S/C11H15NO4S2/c1-4-17-10-6(9(14)15)12-7(13)5(8(12)18-10)11(2,3)16/h5,8,16H,4H2,1-3H3,(H,14,15)/t5-,8-/m1/s1. The molecule has 0 saturated carbocycles. The Morgan fingerprint density at radius 3 is 2.61 bits per heavy atom. The Morgan fingerprint density at radius 1 is 1.56 bits per heavy atom. The van der Waals surface area contributed by atoms with Crippen LogP contribution in [-0.4, -0.2) is 43.7 Å². The Bertz CT molecular complexity index is 441. The van der Waals surface area contributed by atoms with Crippen LogP contribution in [0.15, 0.2) is 9.93 Å². The Morgan fingerprint density at radius 2 is 2.17 bits per heavy atom. The van der Waals surface area contributed by atoms with Crippen LogP contribution in [0.5, 0.6) is 0 Å². The Hall–Kier alpha value is -0.660. The summed E-state index contributed by atoms with van der Waals surface area (Å²) in [5, 5.41) is 18.9. The molecule has 0 unspecified atom stereocenters. The predicted molar refractivity (Wildman–Crippen MR) is 70.8 cm³/mol. The number of amides is 1. The number of carboxylic acid groups (broad SMARTS) is 1. The molecule has 1 amide bonds. The first-order valence-corrected chi connectivity index (χ1v) is 7.48. The van der Waals surface area contributed by atoms with Gasteiger partial charge in [0.2, 0.25) is 5.91 Å². The van der Waals surface area contributed by atoms with Crippen LogP contribution in [0.2, 0.25) is 0 Å². The Kier molecular flexibility index (Phi) is 3.42. The Labute approximate surface area is 114 Å². The van der Waals surface area contributed by atoms with Crippen LogP contribution in [0.25, 0.3) is 0 Å². The summed E-state index contributed by atoms with van der Waals surface area (Å²) in [5.74, 6) is -1.17. The van der Waals surface area contributed by atoms with E-state index in [1.165, 1.54) is 28.4 Å². The second-order valence-corrected chi connectivity index (χ2v) is 7.38. The molecule has 0 aromatic heterocycles. The van der Waals surface area contributed by atoms with Gasteiger partial charge in [-0.15, -0.1) is 11.8 Å². The van der Waals surface area contributed by atoms with Gasteiger partial charge in [-0.3, -0.25) is 9.69 Å². The van der Waals surface area contributed by atoms with Crippen molar-refractivity contribution in [3.63, 3.8) is 0 Å². The van der Waals surface area contributed by atoms with Gasteiger partial charge in [-0.2, -0.15) is 0 Å². The lowest BCUT2D eigenvalue weighted by molar-refractivity contribution is -0.163. The van der Waals surface area contributed by atoms with Gasteiger partial charge in [0.15, 0.2) is 5.70 Å². The molecule has 0 aromatic rings. The molecule has 2 N–H and O–H groups in total. The number of carbonyl (C=O) groups excluding carboxylic acids is 1. The van der Waals surface area contributed by atoms with Gasteiger partial charge in [-0.25, -0.2) is 4.79 Å². The number of carbonyl (C=O) groups is 2. The predicted octanol–water partition coefficient (Wildman–Crippen LogP) is 1.30. The lowest BCUT2D eigenvalue weighted by atomic mass is 9.83. The molecule has 0 radical (unpaired) electrons. The van der Waals surface area contributed by atoms with Crippen LogP contribution in [0.3, 0.4) is 0 Å². The highest BCUT2D eigenvalue weighted by Gasteiger charge is 2.60. The van der Waals surface area contributed by atoms with E-state index in [9.17, 15) is 19.8 Å². The van der Waals surface area contributed by atoms with Gasteiger partial charge >= 0.3 is 5.97 Å². The fraction of sp³-hybridized carbons (Fsp3) is 0.636. The van der Waals surface area contributed by atoms with Crippen molar-refractivity contribution in [2.45, 2.75) is 31.7 Å². The molecule has 1 saturated heterocycles. The largest absolute Gasteiger partial charge is 0.477 e. The molecule has 0 spiro atoms. The summed E-state index contributed by atoms with van der Waals surface area (Å²) in [5.41, 5.74) is -1.05. The zero-order chi connectivity index (χ0) is 13.7. The maximum atomic E-state index is 12.0. The van der Waals surface area contributed by atoms with Crippen molar-refractivity contribution < 1.29 is 19.8 Å². The van der Waals surface area contributed by atoms with Crippen LogP contribution in [-0.2, 0) is 9.59 Å². The third-order valence-corrected chi connectivity index (χ3v) is 5.46. The molecule has 0 bridgehead atoms. The number of hydrogen-bond donors (Lipinski definition) is 2. The van der Waals surface area contributed by atoms with E-state index < -0.39 is 17.5 Å². The summed E-state index contributed by atoms with van der Waals surface area (Å²) < 4.78 is 0.662. The van der Waals surface area contributed by atoms with Crippen LogP contribution in [0.1, 0.15) is 20.8 Å². The SMILES string of the molecule is CCSC1=C(C(=O)O)N2C(=O)[C@@H](C(C)(C)O)[C@H]2S1. The van der Waals surface area contributed by atoms with E-state index in [0.717, 1.165) is 5.75 Å². The summed E-state index contributed by atoms with van der Waals surface area (Å²) in [6.07, 6.45) is 0. The van der Waals surface area contributed by atoms with Crippen molar-refractivity contribution in [2.75, 3.05) is 5.75 Å². The highest BCUT2D eigenvalue weighted by molar-refractivity contribution is 8.22. The number of nitrogens with zero attached hydrogens (tertiary/aromatic N) is 1. The number of thioether (sulfide) groups is 2. The molecule has 2 aliphatic rings. The lowest BCUT2D eigenvalue weighted by Crippen LogP contribution is -2.64. The zero-order valence-corrected chi connectivity index (χ0v) is 12.0. The van der Waals surface area contributed by atoms with Crippen molar-refractivity contribution in [3.05, 3.63) is 9.93 Å². The Balaban J connectivity index is 2.29. The van der Waals surface area contributed by atoms with E-state index in [-0.39, 0.29) is 17.0 Å². The van der Waals surface area contributed by atoms with Crippen LogP contribution in [0, 0.1) is 5.92 Å². The van der Waals surface area contributed by atoms with Gasteiger partial charge in [0.1, 0.15) is 5.37 Å². The van der Waals surface area contributed by atoms with Gasteiger partial charge in [0.25, 0.3) is 0 Å². The molecular weight excluding hydrogens is 274 g/mol. The lowest BCUT2D eigenvalue weighted by Gasteiger charge is -2.47. The highest BCUT2D eigenvalue weighted by Crippen LogP contribution is 2.55. The van der Waals surface area contributed by atoms with Crippen molar-refractivity contribution in [1.29, 1.82) is 0 Å². The minimum atomic E-state index is -1.12. The van der Waals surface area contributed by atoms with Crippen molar-refractivity contribution >= 4 is 35.4 Å². The number of rotatable bonds is 4. The summed E-state index contributed by atoms with van der Waals surface area (Å²) in [6.45, 7) is 5.10. The number of carboxylic acids is 1. The van der Waals surface area contributed by atoms with Gasteiger partial charge in [0, 0.05) is 0 Å². The number of aliphatic carboxylic acids is 1. The summed E-state index contributed by atoms with van der Waals surface area (Å²) in [6, 6.07) is 0. The number of fused-ring (bicyclic) bond motifs is 1. The second kappa shape index (κ2) is 4.47. The third kappa shape index (κ3) is 1.94. The molecule has 2 heterocycles. The summed E-state index contributed by atoms with van der Waals surface area (Å²) in [4.78, 5) is 24.5. The van der Waals surface area contributed by atoms with Crippen molar-refractivity contribution in [3.8, 4) is 0 Å². The average Bonchev–Trinajstić information content (AvgIpc) is 2.51. The molecule has 2 atom stereocenters. The van der Waals surface area contributed by atoms with E-state index in [4.69, 9.17) is 0 Å². The molecule has 18 heavy (non-hydrogen) atoms. The fourth-order valence-corrected chi connectivity index (χ4v) is 5.08. The van der Waals surface area contributed by atoms with E-state index in [0.29, 0.717) is 4.24 Å². The molecule has 100 valence electrons. The molecular formula is C11H15NO4S2. The van der Waals surface area contributed by atoms with Crippen molar-refractivity contribution in [1.82, 2.24) is 4.90 Å².